The second kappa shape index (κ2) is 9.98. The Bertz CT molecular complexity index is 439. The molecule has 0 N–H and O–H groups in total. The lowest BCUT2D eigenvalue weighted by Gasteiger charge is -2.38. The van der Waals surface area contributed by atoms with Crippen LogP contribution in [0.15, 0.2) is 30.8 Å². The van der Waals surface area contributed by atoms with Crippen molar-refractivity contribution in [3.63, 3.8) is 0 Å². The zero-order valence-electron chi connectivity index (χ0n) is 15.2. The number of rotatable bonds is 10. The Hall–Kier alpha value is -0.903. The Labute approximate surface area is 140 Å². The molecule has 0 saturated carbocycles. The highest BCUT2D eigenvalue weighted by Gasteiger charge is 2.21. The van der Waals surface area contributed by atoms with E-state index in [2.05, 4.69) is 75.3 Å². The van der Waals surface area contributed by atoms with Gasteiger partial charge >= 0.3 is 0 Å². The van der Waals surface area contributed by atoms with Crippen LogP contribution in [-0.2, 0) is 0 Å². The van der Waals surface area contributed by atoms with Gasteiger partial charge in [-0.3, -0.25) is 9.80 Å². The molecular weight excluding hydrogens is 284 g/mol. The van der Waals surface area contributed by atoms with Gasteiger partial charge in [-0.05, 0) is 44.7 Å². The van der Waals surface area contributed by atoms with Crippen LogP contribution in [0.2, 0.25) is 6.04 Å². The molecule has 0 fully saturated rings. The summed E-state index contributed by atoms with van der Waals surface area (Å²) in [6, 6.07) is 10.3. The van der Waals surface area contributed by atoms with E-state index >= 15 is 0 Å². The van der Waals surface area contributed by atoms with Crippen molar-refractivity contribution >= 4 is 20.3 Å². The van der Waals surface area contributed by atoms with E-state index in [1.165, 1.54) is 17.2 Å². The third-order valence-corrected chi connectivity index (χ3v) is 6.40. The lowest BCUT2D eigenvalue weighted by molar-refractivity contribution is 0.0713. The van der Waals surface area contributed by atoms with Gasteiger partial charge in [0.1, 0.15) is 0 Å². The molecule has 0 radical (unpaired) electrons. The highest BCUT2D eigenvalue weighted by Crippen LogP contribution is 2.12. The van der Waals surface area contributed by atoms with E-state index in [1.54, 1.807) is 5.19 Å². The second-order valence-electron chi connectivity index (χ2n) is 5.94. The van der Waals surface area contributed by atoms with Crippen LogP contribution in [0, 0.1) is 0 Å². The van der Waals surface area contributed by atoms with Crippen LogP contribution in [0.1, 0.15) is 40.2 Å². The minimum absolute atomic E-state index is 0.260. The lowest BCUT2D eigenvalue weighted by atomic mass is 10.1. The highest BCUT2D eigenvalue weighted by molar-refractivity contribution is 6.53. The Kier molecular flexibility index (Phi) is 8.69. The molecule has 2 nitrogen and oxygen atoms in total. The molecule has 0 unspecified atom stereocenters. The van der Waals surface area contributed by atoms with E-state index in [0.29, 0.717) is 6.17 Å². The SMILES string of the molecule is C=C(C)c1cccc([SiH2]CC(N(CC)CC)N(CC)CC)c1. The van der Waals surface area contributed by atoms with Crippen LogP contribution in [0.3, 0.4) is 0 Å². The van der Waals surface area contributed by atoms with Crippen LogP contribution in [0.5, 0.6) is 0 Å². The molecular formula is C19H34N2Si. The Morgan fingerprint density at radius 3 is 2.05 bits per heavy atom. The van der Waals surface area contributed by atoms with E-state index in [0.717, 1.165) is 26.2 Å². The van der Waals surface area contributed by atoms with Crippen molar-refractivity contribution in [2.24, 2.45) is 0 Å². The van der Waals surface area contributed by atoms with Gasteiger partial charge in [-0.25, -0.2) is 0 Å². The van der Waals surface area contributed by atoms with Gasteiger partial charge < -0.3 is 0 Å². The van der Waals surface area contributed by atoms with Crippen LogP contribution >= 0.6 is 0 Å². The third kappa shape index (κ3) is 5.38. The predicted molar refractivity (Wildman–Crippen MR) is 104 cm³/mol. The molecule has 1 aromatic rings. The molecule has 0 aliphatic rings. The average Bonchev–Trinajstić information content (AvgIpc) is 2.54. The van der Waals surface area contributed by atoms with Gasteiger partial charge in [0, 0.05) is 0 Å². The largest absolute Gasteiger partial charge is 0.289 e. The summed E-state index contributed by atoms with van der Waals surface area (Å²) in [5.41, 5.74) is 2.46. The first kappa shape index (κ1) is 19.1. The summed E-state index contributed by atoms with van der Waals surface area (Å²) in [5, 5.41) is 1.56. The highest BCUT2D eigenvalue weighted by atomic mass is 28.2. The number of hydrogen-bond acceptors (Lipinski definition) is 2. The van der Waals surface area contributed by atoms with Gasteiger partial charge in [-0.1, -0.05) is 69.3 Å². The van der Waals surface area contributed by atoms with Gasteiger partial charge in [0.15, 0.2) is 0 Å². The lowest BCUT2D eigenvalue weighted by Crippen LogP contribution is -2.49. The molecule has 0 atom stereocenters. The fraction of sp³-hybridized carbons (Fsp3) is 0.579. The summed E-state index contributed by atoms with van der Waals surface area (Å²) >= 11 is 0. The predicted octanol–water partition coefficient (Wildman–Crippen LogP) is 2.94. The smallest absolute Gasteiger partial charge is 0.0595 e. The molecule has 124 valence electrons. The zero-order chi connectivity index (χ0) is 16.5. The van der Waals surface area contributed by atoms with E-state index in [4.69, 9.17) is 0 Å². The van der Waals surface area contributed by atoms with Gasteiger partial charge in [-0.15, -0.1) is 0 Å². The van der Waals surface area contributed by atoms with Crippen molar-refractivity contribution in [1.29, 1.82) is 0 Å². The molecule has 1 rings (SSSR count). The van der Waals surface area contributed by atoms with Crippen molar-refractivity contribution in [3.8, 4) is 0 Å². The summed E-state index contributed by atoms with van der Waals surface area (Å²) in [4.78, 5) is 5.23. The van der Waals surface area contributed by atoms with E-state index in [1.807, 2.05) is 0 Å². The second-order valence-corrected chi connectivity index (χ2v) is 7.84. The first-order chi connectivity index (χ1) is 10.6. The maximum atomic E-state index is 4.07. The molecule has 22 heavy (non-hydrogen) atoms. The quantitative estimate of drug-likeness (QED) is 0.483. The van der Waals surface area contributed by atoms with Crippen molar-refractivity contribution in [2.45, 2.75) is 46.8 Å². The molecule has 0 bridgehead atoms. The van der Waals surface area contributed by atoms with Gasteiger partial charge in [0.05, 0.1) is 15.7 Å². The van der Waals surface area contributed by atoms with Crippen molar-refractivity contribution in [1.82, 2.24) is 9.80 Å². The normalized spacial score (nSPS) is 12.2. The van der Waals surface area contributed by atoms with Gasteiger partial charge in [0.25, 0.3) is 0 Å². The molecule has 0 heterocycles. The fourth-order valence-electron chi connectivity index (χ4n) is 3.17. The van der Waals surface area contributed by atoms with Crippen molar-refractivity contribution in [3.05, 3.63) is 36.4 Å². The molecule has 0 aromatic heterocycles. The summed E-state index contributed by atoms with van der Waals surface area (Å²) in [7, 11) is -0.260. The zero-order valence-corrected chi connectivity index (χ0v) is 16.6. The fourth-order valence-corrected chi connectivity index (χ4v) is 5.16. The molecule has 0 aliphatic carbocycles. The maximum Gasteiger partial charge on any atom is 0.0595 e. The van der Waals surface area contributed by atoms with Crippen molar-refractivity contribution < 1.29 is 0 Å². The van der Waals surface area contributed by atoms with Gasteiger partial charge in [-0.2, -0.15) is 0 Å². The standard InChI is InChI=1S/C19H34N2Si/c1-7-20(8-2)19(21(9-3)10-4)15-22-18-13-11-12-17(14-18)16(5)6/h11-14,19H,5,7-10,15,22H2,1-4,6H3. The first-order valence-corrected chi connectivity index (χ1v) is 10.5. The van der Waals surface area contributed by atoms with Crippen LogP contribution in [0.4, 0.5) is 0 Å². The van der Waals surface area contributed by atoms with Crippen LogP contribution < -0.4 is 5.19 Å². The first-order valence-electron chi connectivity index (χ1n) is 8.80. The summed E-state index contributed by atoms with van der Waals surface area (Å²) in [6.45, 7) is 19.8. The molecule has 1 aromatic carbocycles. The molecule has 0 amide bonds. The maximum absolute atomic E-state index is 4.07. The van der Waals surface area contributed by atoms with E-state index in [-0.39, 0.29) is 9.52 Å². The molecule has 0 spiro atoms. The number of benzene rings is 1. The van der Waals surface area contributed by atoms with Crippen molar-refractivity contribution in [2.75, 3.05) is 26.2 Å². The number of allylic oxidation sites excluding steroid dienone is 1. The summed E-state index contributed by atoms with van der Waals surface area (Å²) in [6.07, 6.45) is 0.602. The summed E-state index contributed by atoms with van der Waals surface area (Å²) < 4.78 is 0. The Morgan fingerprint density at radius 2 is 1.59 bits per heavy atom. The van der Waals surface area contributed by atoms with Gasteiger partial charge in [0.2, 0.25) is 0 Å². The Balaban J connectivity index is 2.82. The molecule has 3 heteroatoms. The topological polar surface area (TPSA) is 6.48 Å². The molecule has 0 aliphatic heterocycles. The third-order valence-electron chi connectivity index (χ3n) is 4.58. The monoisotopic (exact) mass is 318 g/mol. The minimum Gasteiger partial charge on any atom is -0.289 e. The van der Waals surface area contributed by atoms with E-state index < -0.39 is 0 Å². The number of hydrogen-bond donors (Lipinski definition) is 0. The summed E-state index contributed by atoms with van der Waals surface area (Å²) in [5.74, 6) is 0. The number of nitrogens with zero attached hydrogens (tertiary/aromatic N) is 2. The average molecular weight is 319 g/mol. The van der Waals surface area contributed by atoms with Crippen LogP contribution in [0.25, 0.3) is 5.57 Å². The minimum atomic E-state index is -0.260. The molecule has 0 saturated heterocycles. The van der Waals surface area contributed by atoms with E-state index in [9.17, 15) is 0 Å². The Morgan fingerprint density at radius 1 is 1.05 bits per heavy atom. The van der Waals surface area contributed by atoms with Crippen LogP contribution in [-0.4, -0.2) is 51.7 Å².